The summed E-state index contributed by atoms with van der Waals surface area (Å²) in [7, 11) is 0. The minimum Gasteiger partial charge on any atom is -0.489 e. The van der Waals surface area contributed by atoms with E-state index in [9.17, 15) is 4.39 Å². The topological polar surface area (TPSA) is 35.2 Å². The van der Waals surface area contributed by atoms with Crippen molar-refractivity contribution in [3.63, 3.8) is 0 Å². The Hall–Kier alpha value is -1.39. The minimum absolute atomic E-state index is 0.206. The van der Waals surface area contributed by atoms with Gasteiger partial charge in [0.1, 0.15) is 18.2 Å². The highest BCUT2D eigenvalue weighted by Crippen LogP contribution is 2.27. The maximum Gasteiger partial charge on any atom is 0.130 e. The lowest BCUT2D eigenvalue weighted by Gasteiger charge is -2.11. The van der Waals surface area contributed by atoms with Gasteiger partial charge in [0.25, 0.3) is 0 Å². The first-order valence-electron chi connectivity index (χ1n) is 6.38. The van der Waals surface area contributed by atoms with Gasteiger partial charge in [0, 0.05) is 16.6 Å². The molecule has 0 bridgehead atoms. The van der Waals surface area contributed by atoms with Crippen molar-refractivity contribution in [1.29, 1.82) is 0 Å². The van der Waals surface area contributed by atoms with Gasteiger partial charge < -0.3 is 10.5 Å². The zero-order valence-corrected chi connectivity index (χ0v) is 13.1. The van der Waals surface area contributed by atoms with Gasteiger partial charge in [-0.3, -0.25) is 0 Å². The molecule has 2 nitrogen and oxygen atoms in total. The van der Waals surface area contributed by atoms with E-state index in [0.717, 1.165) is 26.9 Å². The van der Waals surface area contributed by atoms with Gasteiger partial charge >= 0.3 is 0 Å². The lowest BCUT2D eigenvalue weighted by Crippen LogP contribution is -2.02. The molecule has 20 heavy (non-hydrogen) atoms. The molecule has 0 spiro atoms. The van der Waals surface area contributed by atoms with Crippen molar-refractivity contribution >= 4 is 15.9 Å². The molecule has 0 aliphatic rings. The molecule has 2 rings (SSSR count). The van der Waals surface area contributed by atoms with Gasteiger partial charge in [-0.1, -0.05) is 28.1 Å². The second-order valence-electron chi connectivity index (χ2n) is 4.79. The predicted molar refractivity (Wildman–Crippen MR) is 82.2 cm³/mol. The average Bonchev–Trinajstić information content (AvgIpc) is 2.43. The molecule has 0 atom stereocenters. The van der Waals surface area contributed by atoms with E-state index in [4.69, 9.17) is 10.5 Å². The quantitative estimate of drug-likeness (QED) is 0.905. The van der Waals surface area contributed by atoms with Gasteiger partial charge in [-0.15, -0.1) is 0 Å². The highest BCUT2D eigenvalue weighted by Gasteiger charge is 2.06. The van der Waals surface area contributed by atoms with Gasteiger partial charge in [-0.05, 0) is 48.7 Å². The van der Waals surface area contributed by atoms with E-state index >= 15 is 0 Å². The fourth-order valence-electron chi connectivity index (χ4n) is 1.99. The predicted octanol–water partition coefficient (Wildman–Crippen LogP) is 4.24. The molecule has 2 N–H and O–H groups in total. The maximum atomic E-state index is 13.8. The summed E-state index contributed by atoms with van der Waals surface area (Å²) in [5.41, 5.74) is 8.98. The Morgan fingerprint density at radius 2 is 1.80 bits per heavy atom. The number of benzene rings is 2. The molecule has 2 aromatic rings. The molecule has 0 radical (unpaired) electrons. The zero-order chi connectivity index (χ0) is 14.7. The molecule has 0 amide bonds. The lowest BCUT2D eigenvalue weighted by atomic mass is 10.1. The summed E-state index contributed by atoms with van der Waals surface area (Å²) in [4.78, 5) is 0. The van der Waals surface area contributed by atoms with Crippen LogP contribution >= 0.6 is 15.9 Å². The molecule has 0 saturated heterocycles. The Balaban J connectivity index is 2.13. The third-order valence-electron chi connectivity index (χ3n) is 3.16. The molecule has 0 saturated carbocycles. The summed E-state index contributed by atoms with van der Waals surface area (Å²) in [6.07, 6.45) is 0. The van der Waals surface area contributed by atoms with Crippen LogP contribution < -0.4 is 10.5 Å². The fraction of sp³-hybridized carbons (Fsp3) is 0.250. The number of hydrogen-bond acceptors (Lipinski definition) is 2. The molecule has 4 heteroatoms. The van der Waals surface area contributed by atoms with Gasteiger partial charge in [0.15, 0.2) is 0 Å². The van der Waals surface area contributed by atoms with Crippen LogP contribution in [0.5, 0.6) is 5.75 Å². The smallest absolute Gasteiger partial charge is 0.130 e. The third kappa shape index (κ3) is 3.38. The molecule has 106 valence electrons. The van der Waals surface area contributed by atoms with Gasteiger partial charge in [-0.2, -0.15) is 0 Å². The largest absolute Gasteiger partial charge is 0.489 e. The molecule has 0 aliphatic heterocycles. The number of ether oxygens (including phenoxy) is 1. The summed E-state index contributed by atoms with van der Waals surface area (Å²) in [5.74, 6) is 0.462. The van der Waals surface area contributed by atoms with Crippen LogP contribution in [0.1, 0.15) is 22.3 Å². The number of rotatable bonds is 4. The molecule has 0 aliphatic carbocycles. The monoisotopic (exact) mass is 337 g/mol. The first-order chi connectivity index (χ1) is 9.51. The van der Waals surface area contributed by atoms with Crippen molar-refractivity contribution in [3.05, 3.63) is 62.9 Å². The van der Waals surface area contributed by atoms with E-state index < -0.39 is 0 Å². The Morgan fingerprint density at radius 3 is 2.35 bits per heavy atom. The second-order valence-corrected chi connectivity index (χ2v) is 5.58. The van der Waals surface area contributed by atoms with Gasteiger partial charge in [0.2, 0.25) is 0 Å². The fourth-order valence-corrected chi connectivity index (χ4v) is 2.21. The summed E-state index contributed by atoms with van der Waals surface area (Å²) >= 11 is 3.51. The Labute approximate surface area is 126 Å². The van der Waals surface area contributed by atoms with Crippen molar-refractivity contribution in [2.75, 3.05) is 0 Å². The zero-order valence-electron chi connectivity index (χ0n) is 11.5. The van der Waals surface area contributed by atoms with Crippen LogP contribution in [0.25, 0.3) is 0 Å². The van der Waals surface area contributed by atoms with Crippen LogP contribution in [0, 0.1) is 19.7 Å². The first kappa shape index (κ1) is 15.0. The van der Waals surface area contributed by atoms with Crippen molar-refractivity contribution in [1.82, 2.24) is 0 Å². The number of halogens is 2. The van der Waals surface area contributed by atoms with Crippen LogP contribution in [-0.2, 0) is 13.2 Å². The number of hydrogen-bond donors (Lipinski definition) is 1. The average molecular weight is 338 g/mol. The van der Waals surface area contributed by atoms with Crippen LogP contribution in [0.3, 0.4) is 0 Å². The highest BCUT2D eigenvalue weighted by molar-refractivity contribution is 9.10. The Kier molecular flexibility index (Phi) is 4.78. The Bertz CT molecular complexity index is 605. The van der Waals surface area contributed by atoms with E-state index in [-0.39, 0.29) is 12.4 Å². The number of nitrogens with two attached hydrogens (primary N) is 1. The highest BCUT2D eigenvalue weighted by atomic mass is 79.9. The van der Waals surface area contributed by atoms with Crippen molar-refractivity contribution in [2.24, 2.45) is 5.73 Å². The van der Waals surface area contributed by atoms with E-state index in [1.807, 2.05) is 32.0 Å². The van der Waals surface area contributed by atoms with Crippen LogP contribution in [-0.4, -0.2) is 0 Å². The first-order valence-corrected chi connectivity index (χ1v) is 7.17. The summed E-state index contributed by atoms with van der Waals surface area (Å²) < 4.78 is 20.6. The van der Waals surface area contributed by atoms with Crippen LogP contribution in [0.2, 0.25) is 0 Å². The van der Waals surface area contributed by atoms with Crippen molar-refractivity contribution in [3.8, 4) is 5.75 Å². The summed E-state index contributed by atoms with van der Waals surface area (Å²) in [5, 5.41) is 0. The number of aryl methyl sites for hydroxylation is 2. The van der Waals surface area contributed by atoms with Gasteiger partial charge in [0.05, 0.1) is 0 Å². The van der Waals surface area contributed by atoms with Crippen molar-refractivity contribution in [2.45, 2.75) is 27.0 Å². The molecule has 2 aromatic carbocycles. The minimum atomic E-state index is -0.279. The molecule has 0 aromatic heterocycles. The summed E-state index contributed by atoms with van der Waals surface area (Å²) in [6.45, 7) is 4.54. The molecular weight excluding hydrogens is 321 g/mol. The van der Waals surface area contributed by atoms with Crippen LogP contribution in [0.15, 0.2) is 34.8 Å². The third-order valence-corrected chi connectivity index (χ3v) is 4.41. The molecule has 0 fully saturated rings. The maximum absolute atomic E-state index is 13.8. The second kappa shape index (κ2) is 6.37. The van der Waals surface area contributed by atoms with Gasteiger partial charge in [-0.25, -0.2) is 4.39 Å². The van der Waals surface area contributed by atoms with Crippen LogP contribution in [0.4, 0.5) is 4.39 Å². The van der Waals surface area contributed by atoms with E-state index in [1.54, 1.807) is 6.07 Å². The van der Waals surface area contributed by atoms with E-state index in [1.165, 1.54) is 6.07 Å². The van der Waals surface area contributed by atoms with E-state index in [0.29, 0.717) is 12.1 Å². The van der Waals surface area contributed by atoms with E-state index in [2.05, 4.69) is 15.9 Å². The SMILES string of the molecule is Cc1cc(OCc2ccc(CN)cc2F)cc(C)c1Br. The molecule has 0 unspecified atom stereocenters. The Morgan fingerprint density at radius 1 is 1.15 bits per heavy atom. The normalized spacial score (nSPS) is 10.7. The summed E-state index contributed by atoms with van der Waals surface area (Å²) in [6, 6.07) is 8.86. The van der Waals surface area contributed by atoms with Crippen molar-refractivity contribution < 1.29 is 9.13 Å². The molecular formula is C16H17BrFNO. The lowest BCUT2D eigenvalue weighted by molar-refractivity contribution is 0.299. The molecule has 0 heterocycles. The standard InChI is InChI=1S/C16H17BrFNO/c1-10-5-14(6-11(2)16(10)17)20-9-13-4-3-12(8-19)7-15(13)18/h3-7H,8-9,19H2,1-2H3.